The highest BCUT2D eigenvalue weighted by atomic mass is 32.1. The molecule has 0 saturated heterocycles. The quantitative estimate of drug-likeness (QED) is 0.327. The van der Waals surface area contributed by atoms with Crippen molar-refractivity contribution in [3.63, 3.8) is 0 Å². The zero-order chi connectivity index (χ0) is 22.4. The summed E-state index contributed by atoms with van der Waals surface area (Å²) in [5, 5.41) is 9.90. The minimum absolute atomic E-state index is 0.0960. The van der Waals surface area contributed by atoms with Gasteiger partial charge in [0.2, 0.25) is 5.05 Å². The van der Waals surface area contributed by atoms with E-state index in [1.165, 1.54) is 11.3 Å². The number of hydrogen-bond acceptors (Lipinski definition) is 6. The van der Waals surface area contributed by atoms with E-state index in [2.05, 4.69) is 38.2 Å². The van der Waals surface area contributed by atoms with Gasteiger partial charge in [-0.1, -0.05) is 48.5 Å². The molecule has 3 heterocycles. The molecule has 0 unspecified atom stereocenters. The largest absolute Gasteiger partial charge is 0.498 e. The third kappa shape index (κ3) is 3.58. The van der Waals surface area contributed by atoms with E-state index in [1.54, 1.807) is 0 Å². The van der Waals surface area contributed by atoms with Crippen molar-refractivity contribution in [1.82, 2.24) is 18.9 Å². The number of aromatic amines is 1. The number of imidazole rings is 1. The molecule has 3 aromatic heterocycles. The maximum Gasteiger partial charge on any atom is 0.344 e. The number of nitrogens with one attached hydrogen (secondary N) is 1. The number of nitrogens with zero attached hydrogens (tertiary/aromatic N) is 3. The van der Waals surface area contributed by atoms with Crippen molar-refractivity contribution in [2.45, 2.75) is 20.4 Å². The van der Waals surface area contributed by atoms with Crippen molar-refractivity contribution < 1.29 is 5.11 Å². The van der Waals surface area contributed by atoms with Crippen LogP contribution in [-0.4, -0.2) is 29.1 Å². The lowest BCUT2D eigenvalue weighted by Gasteiger charge is -2.11. The molecule has 0 radical (unpaired) electrons. The minimum atomic E-state index is -0.238. The summed E-state index contributed by atoms with van der Waals surface area (Å²) in [6.45, 7) is 4.58. The monoisotopic (exact) mass is 478 g/mol. The molecule has 0 aliphatic carbocycles. The van der Waals surface area contributed by atoms with Crippen LogP contribution >= 0.6 is 35.1 Å². The van der Waals surface area contributed by atoms with Crippen molar-refractivity contribution in [1.29, 1.82) is 0 Å². The molecule has 2 aromatic carbocycles. The zero-order valence-electron chi connectivity index (χ0n) is 17.2. The van der Waals surface area contributed by atoms with Gasteiger partial charge in [0.15, 0.2) is 5.82 Å². The molecule has 160 valence electrons. The fourth-order valence-corrected chi connectivity index (χ4v) is 5.52. The highest BCUT2D eigenvalue weighted by Gasteiger charge is 2.20. The Morgan fingerprint density at radius 1 is 1.09 bits per heavy atom. The summed E-state index contributed by atoms with van der Waals surface area (Å²) in [6.07, 6.45) is 0. The Hall–Kier alpha value is -3.14. The molecule has 2 N–H and O–H groups in total. The molecule has 0 aliphatic heterocycles. The summed E-state index contributed by atoms with van der Waals surface area (Å²) >= 11 is 7.52. The molecule has 0 aliphatic rings. The molecule has 5 rings (SSSR count). The van der Waals surface area contributed by atoms with Crippen LogP contribution in [0.3, 0.4) is 0 Å². The van der Waals surface area contributed by atoms with E-state index < -0.39 is 0 Å². The number of rotatable bonds is 5. The van der Waals surface area contributed by atoms with E-state index in [-0.39, 0.29) is 9.92 Å². The number of fused-ring (bicyclic) bond motifs is 1. The van der Waals surface area contributed by atoms with E-state index in [1.807, 2.05) is 38.1 Å². The van der Waals surface area contributed by atoms with Gasteiger partial charge >= 0.3 is 4.87 Å². The van der Waals surface area contributed by atoms with Crippen molar-refractivity contribution in [2.24, 2.45) is 0 Å². The van der Waals surface area contributed by atoms with E-state index in [0.717, 1.165) is 55.5 Å². The number of hydrogen-bond donors (Lipinski definition) is 2. The number of H-pyrrole nitrogens is 1. The Bertz CT molecular complexity index is 1520. The van der Waals surface area contributed by atoms with Crippen molar-refractivity contribution in [3.05, 3.63) is 79.3 Å². The predicted molar refractivity (Wildman–Crippen MR) is 134 cm³/mol. The van der Waals surface area contributed by atoms with E-state index in [4.69, 9.17) is 17.2 Å². The van der Waals surface area contributed by atoms with Crippen LogP contribution in [0.15, 0.2) is 53.3 Å². The molecule has 0 spiro atoms. The second-order valence-electron chi connectivity index (χ2n) is 7.41. The first kappa shape index (κ1) is 20.7. The molecular formula is C23H18N4O2S3. The predicted octanol–water partition coefficient (Wildman–Crippen LogP) is 5.48. The number of aliphatic hydroxyl groups is 1. The average molecular weight is 479 g/mol. The first-order valence-electron chi connectivity index (χ1n) is 9.86. The lowest BCUT2D eigenvalue weighted by atomic mass is 9.98. The summed E-state index contributed by atoms with van der Waals surface area (Å²) in [6, 6.07) is 16.2. The molecule has 0 fully saturated rings. The summed E-state index contributed by atoms with van der Waals surface area (Å²) < 4.78 is 5.09. The Kier molecular flexibility index (Phi) is 5.24. The van der Waals surface area contributed by atoms with Crippen LogP contribution in [0.1, 0.15) is 21.1 Å². The van der Waals surface area contributed by atoms with E-state index >= 15 is 0 Å². The lowest BCUT2D eigenvalue weighted by molar-refractivity contribution is 0.572. The van der Waals surface area contributed by atoms with Gasteiger partial charge in [-0.25, -0.2) is 4.98 Å². The Morgan fingerprint density at radius 2 is 1.81 bits per heavy atom. The van der Waals surface area contributed by atoms with Gasteiger partial charge in [0.25, 0.3) is 0 Å². The maximum absolute atomic E-state index is 11.5. The van der Waals surface area contributed by atoms with Crippen molar-refractivity contribution in [3.8, 4) is 22.5 Å². The highest BCUT2D eigenvalue weighted by Crippen LogP contribution is 2.33. The summed E-state index contributed by atoms with van der Waals surface area (Å²) in [5.41, 5.74) is 5.81. The minimum Gasteiger partial charge on any atom is -0.498 e. The number of aromatic nitrogens is 4. The molecule has 5 aromatic rings. The van der Waals surface area contributed by atoms with Crippen LogP contribution in [-0.2, 0) is 6.54 Å². The molecular weight excluding hydrogens is 460 g/mol. The number of benzene rings is 2. The van der Waals surface area contributed by atoms with Crippen LogP contribution in [0.5, 0.6) is 0 Å². The van der Waals surface area contributed by atoms with Gasteiger partial charge in [0.05, 0.1) is 5.52 Å². The molecule has 0 amide bonds. The molecule has 9 heteroatoms. The van der Waals surface area contributed by atoms with Gasteiger partial charge in [-0.3, -0.25) is 9.17 Å². The number of aliphatic hydroxyl groups excluding tert-OH is 1. The summed E-state index contributed by atoms with van der Waals surface area (Å²) in [5.74, 6) is 1.46. The lowest BCUT2D eigenvalue weighted by Crippen LogP contribution is -2.04. The van der Waals surface area contributed by atoms with E-state index in [9.17, 15) is 9.90 Å². The fourth-order valence-electron chi connectivity index (χ4n) is 3.89. The third-order valence-corrected chi connectivity index (χ3v) is 7.37. The molecule has 0 saturated carbocycles. The summed E-state index contributed by atoms with van der Waals surface area (Å²) in [7, 11) is 0. The Labute approximate surface area is 197 Å². The standard InChI is InChI=1S/C23H18N4O2S3/c1-12-18-19(20(31-12)22(28)30)27(13(2)24-18)11-14-7-9-15(10-8-14)16-5-3-4-6-17(16)21-25-23(29)32-26-21/h3-10H,11H2,1-2H3,(H,28,30)(H,25,26,29). The molecule has 0 atom stereocenters. The SMILES string of the molecule is Cc1sc(C(O)=S)c2c1nc(C)n2Cc1ccc(-c2ccccc2-c2nc(=O)s[nH]2)cc1. The van der Waals surface area contributed by atoms with Gasteiger partial charge in [0.1, 0.15) is 16.2 Å². The van der Waals surface area contributed by atoms with Crippen molar-refractivity contribution >= 4 is 51.2 Å². The second-order valence-corrected chi connectivity index (χ2v) is 9.78. The van der Waals surface area contributed by atoms with Gasteiger partial charge in [-0.15, -0.1) is 11.3 Å². The van der Waals surface area contributed by atoms with Crippen molar-refractivity contribution in [2.75, 3.05) is 0 Å². The molecule has 6 nitrogen and oxygen atoms in total. The maximum atomic E-state index is 11.5. The van der Waals surface area contributed by atoms with Crippen LogP contribution in [0.2, 0.25) is 0 Å². The van der Waals surface area contributed by atoms with Crippen LogP contribution < -0.4 is 4.87 Å². The zero-order valence-corrected chi connectivity index (χ0v) is 19.7. The normalized spacial score (nSPS) is 11.3. The first-order chi connectivity index (χ1) is 15.4. The molecule has 32 heavy (non-hydrogen) atoms. The van der Waals surface area contributed by atoms with Crippen LogP contribution in [0.25, 0.3) is 33.5 Å². The fraction of sp³-hybridized carbons (Fsp3) is 0.130. The first-order valence-corrected chi connectivity index (χ1v) is 11.9. The summed E-state index contributed by atoms with van der Waals surface area (Å²) in [4.78, 5) is 21.8. The second kappa shape index (κ2) is 8.09. The third-order valence-electron chi connectivity index (χ3n) is 5.38. The van der Waals surface area contributed by atoms with E-state index in [0.29, 0.717) is 17.2 Å². The average Bonchev–Trinajstić information content (AvgIpc) is 3.45. The van der Waals surface area contributed by atoms with Gasteiger partial charge < -0.3 is 9.67 Å². The van der Waals surface area contributed by atoms with Crippen LogP contribution in [0.4, 0.5) is 0 Å². The topological polar surface area (TPSA) is 83.8 Å². The number of thiophene rings is 1. The molecule has 0 bridgehead atoms. The van der Waals surface area contributed by atoms with Gasteiger partial charge in [0, 0.05) is 28.5 Å². The van der Waals surface area contributed by atoms with Gasteiger partial charge in [-0.2, -0.15) is 4.98 Å². The Morgan fingerprint density at radius 3 is 2.47 bits per heavy atom. The van der Waals surface area contributed by atoms with Crippen LogP contribution in [0, 0.1) is 13.8 Å². The smallest absolute Gasteiger partial charge is 0.344 e. The number of aryl methyl sites for hydroxylation is 2. The highest BCUT2D eigenvalue weighted by molar-refractivity contribution is 7.80. The Balaban J connectivity index is 1.51. The van der Waals surface area contributed by atoms with Gasteiger partial charge in [-0.05, 0) is 42.8 Å². The number of thiocarbonyl (C=S) groups is 1.